The molecule has 2 unspecified atom stereocenters. The highest BCUT2D eigenvalue weighted by atomic mass is 127. The number of nitrogens with one attached hydrogen (secondary N) is 2. The summed E-state index contributed by atoms with van der Waals surface area (Å²) in [6, 6.07) is 12.5. The third-order valence-electron chi connectivity index (χ3n) is 5.54. The number of morpholine rings is 1. The summed E-state index contributed by atoms with van der Waals surface area (Å²) in [5, 5.41) is 17.6. The molecule has 0 radical (unpaired) electrons. The van der Waals surface area contributed by atoms with Crippen LogP contribution in [0.25, 0.3) is 0 Å². The van der Waals surface area contributed by atoms with Crippen molar-refractivity contribution in [1.29, 1.82) is 0 Å². The van der Waals surface area contributed by atoms with Gasteiger partial charge in [0.25, 0.3) is 0 Å². The molecule has 7 nitrogen and oxygen atoms in total. The number of benzene rings is 1. The van der Waals surface area contributed by atoms with Crippen molar-refractivity contribution in [3.63, 3.8) is 0 Å². The highest BCUT2D eigenvalue weighted by Gasteiger charge is 2.27. The molecular weight excluding hydrogens is 519 g/mol. The van der Waals surface area contributed by atoms with Crippen LogP contribution in [-0.2, 0) is 10.3 Å². The number of hydrogen-bond acceptors (Lipinski definition) is 5. The van der Waals surface area contributed by atoms with Gasteiger partial charge in [-0.2, -0.15) is 0 Å². The Morgan fingerprint density at radius 1 is 1.19 bits per heavy atom. The number of furan rings is 1. The van der Waals surface area contributed by atoms with E-state index in [2.05, 4.69) is 51.7 Å². The Labute approximate surface area is 208 Å². The van der Waals surface area contributed by atoms with Crippen molar-refractivity contribution in [2.45, 2.75) is 39.3 Å². The number of rotatable bonds is 8. The minimum Gasteiger partial charge on any atom is -0.463 e. The van der Waals surface area contributed by atoms with Crippen LogP contribution in [-0.4, -0.2) is 61.9 Å². The van der Waals surface area contributed by atoms with Gasteiger partial charge in [0.15, 0.2) is 5.96 Å². The molecule has 3 N–H and O–H groups in total. The highest BCUT2D eigenvalue weighted by Crippen LogP contribution is 2.24. The fourth-order valence-electron chi connectivity index (χ4n) is 3.79. The van der Waals surface area contributed by atoms with E-state index in [0.29, 0.717) is 18.3 Å². The molecule has 8 heteroatoms. The average molecular weight is 556 g/mol. The van der Waals surface area contributed by atoms with Crippen LogP contribution in [0.2, 0.25) is 0 Å². The lowest BCUT2D eigenvalue weighted by molar-refractivity contribution is 0.0169. The monoisotopic (exact) mass is 556 g/mol. The number of aliphatic hydroxyl groups is 1. The van der Waals surface area contributed by atoms with Gasteiger partial charge in [0.2, 0.25) is 0 Å². The van der Waals surface area contributed by atoms with Crippen LogP contribution >= 0.6 is 24.0 Å². The molecule has 2 atom stereocenters. The second-order valence-electron chi connectivity index (χ2n) is 8.34. The van der Waals surface area contributed by atoms with Crippen molar-refractivity contribution >= 4 is 29.9 Å². The van der Waals surface area contributed by atoms with Gasteiger partial charge in [-0.15, -0.1) is 24.0 Å². The summed E-state index contributed by atoms with van der Waals surface area (Å²) >= 11 is 0. The van der Waals surface area contributed by atoms with Crippen LogP contribution < -0.4 is 10.6 Å². The molecule has 1 fully saturated rings. The van der Waals surface area contributed by atoms with E-state index in [4.69, 9.17) is 9.15 Å². The van der Waals surface area contributed by atoms with Gasteiger partial charge in [-0.25, -0.2) is 4.99 Å². The molecule has 0 amide bonds. The Bertz CT molecular complexity index is 862. The van der Waals surface area contributed by atoms with Crippen LogP contribution in [0.1, 0.15) is 42.5 Å². The topological polar surface area (TPSA) is 82.3 Å². The van der Waals surface area contributed by atoms with Gasteiger partial charge in [0.1, 0.15) is 17.1 Å². The van der Waals surface area contributed by atoms with Gasteiger partial charge in [-0.3, -0.25) is 4.90 Å². The zero-order valence-corrected chi connectivity index (χ0v) is 21.9. The van der Waals surface area contributed by atoms with Crippen molar-refractivity contribution < 1.29 is 14.3 Å². The van der Waals surface area contributed by atoms with Crippen molar-refractivity contribution in [3.8, 4) is 0 Å². The first kappa shape index (κ1) is 26.6. The molecule has 2 heterocycles. The largest absolute Gasteiger partial charge is 0.463 e. The van der Waals surface area contributed by atoms with Crippen LogP contribution in [0.5, 0.6) is 0 Å². The van der Waals surface area contributed by atoms with E-state index in [1.807, 2.05) is 19.9 Å². The fourth-order valence-corrected chi connectivity index (χ4v) is 3.79. The molecule has 1 aliphatic rings. The Morgan fingerprint density at radius 3 is 2.56 bits per heavy atom. The van der Waals surface area contributed by atoms with Crippen molar-refractivity contribution in [1.82, 2.24) is 15.5 Å². The minimum atomic E-state index is -1.17. The summed E-state index contributed by atoms with van der Waals surface area (Å²) in [5.41, 5.74) is 1.36. The Balaban J connectivity index is 0.00000363. The molecule has 0 bridgehead atoms. The molecule has 1 aromatic heterocycles. The fraction of sp³-hybridized carbons (Fsp3) is 0.542. The Hall–Kier alpha value is -1.62. The minimum absolute atomic E-state index is 0. The summed E-state index contributed by atoms with van der Waals surface area (Å²) in [5.74, 6) is 1.98. The molecule has 178 valence electrons. The van der Waals surface area contributed by atoms with Gasteiger partial charge in [0, 0.05) is 26.2 Å². The normalized spacial score (nSPS) is 17.8. The summed E-state index contributed by atoms with van der Waals surface area (Å²) in [4.78, 5) is 7.10. The van der Waals surface area contributed by atoms with Crippen LogP contribution in [0, 0.1) is 13.8 Å². The lowest BCUT2D eigenvalue weighted by Crippen LogP contribution is -2.46. The van der Waals surface area contributed by atoms with Crippen LogP contribution in [0.15, 0.2) is 45.8 Å². The first-order valence-electron chi connectivity index (χ1n) is 11.1. The van der Waals surface area contributed by atoms with Gasteiger partial charge in [0.05, 0.1) is 25.8 Å². The molecule has 0 aliphatic carbocycles. The maximum atomic E-state index is 10.8. The summed E-state index contributed by atoms with van der Waals surface area (Å²) in [6.45, 7) is 12.7. The second-order valence-corrected chi connectivity index (χ2v) is 8.34. The summed E-state index contributed by atoms with van der Waals surface area (Å²) < 4.78 is 11.2. The van der Waals surface area contributed by atoms with Gasteiger partial charge < -0.3 is 24.9 Å². The van der Waals surface area contributed by atoms with Crippen LogP contribution in [0.3, 0.4) is 0 Å². The zero-order valence-electron chi connectivity index (χ0n) is 19.6. The van der Waals surface area contributed by atoms with E-state index in [-0.39, 0.29) is 36.6 Å². The Kier molecular flexibility index (Phi) is 10.5. The highest BCUT2D eigenvalue weighted by molar-refractivity contribution is 14.0. The number of aliphatic imine (C=N–C) groups is 1. The summed E-state index contributed by atoms with van der Waals surface area (Å²) in [6.07, 6.45) is 0. The van der Waals surface area contributed by atoms with Crippen molar-refractivity contribution in [3.05, 3.63) is 59.0 Å². The molecule has 1 aliphatic heterocycles. The number of hydrogen-bond donors (Lipinski definition) is 3. The first-order chi connectivity index (χ1) is 14.9. The van der Waals surface area contributed by atoms with Crippen molar-refractivity contribution in [2.24, 2.45) is 4.99 Å². The number of halogens is 1. The maximum Gasteiger partial charge on any atom is 0.191 e. The van der Waals surface area contributed by atoms with Crippen LogP contribution in [0.4, 0.5) is 0 Å². The number of aryl methyl sites for hydroxylation is 2. The molecule has 1 saturated heterocycles. The number of nitrogens with zero attached hydrogens (tertiary/aromatic N) is 2. The molecule has 32 heavy (non-hydrogen) atoms. The van der Waals surface area contributed by atoms with Gasteiger partial charge in [-0.05, 0) is 45.4 Å². The zero-order chi connectivity index (χ0) is 22.3. The predicted octanol–water partition coefficient (Wildman–Crippen LogP) is 3.35. The van der Waals surface area contributed by atoms with E-state index < -0.39 is 5.60 Å². The molecule has 2 aromatic rings. The van der Waals surface area contributed by atoms with E-state index >= 15 is 0 Å². The molecule has 3 rings (SSSR count). The quantitative estimate of drug-likeness (QED) is 0.263. The predicted molar refractivity (Wildman–Crippen MR) is 139 cm³/mol. The first-order valence-corrected chi connectivity index (χ1v) is 11.1. The summed E-state index contributed by atoms with van der Waals surface area (Å²) in [7, 11) is 0. The maximum absolute atomic E-state index is 10.8. The van der Waals surface area contributed by atoms with Gasteiger partial charge >= 0.3 is 0 Å². The van der Waals surface area contributed by atoms with E-state index in [1.54, 1.807) is 13.0 Å². The molecule has 0 saturated carbocycles. The molecular formula is C24H37IN4O3. The SMILES string of the molecule is CCNC(=NCC(C)(O)c1ccc(C)o1)NCC(c1cccc(C)c1)N1CCOCC1.I. The molecule has 1 aromatic carbocycles. The average Bonchev–Trinajstić information content (AvgIpc) is 3.20. The lowest BCUT2D eigenvalue weighted by atomic mass is 10.0. The molecule has 0 spiro atoms. The van der Waals surface area contributed by atoms with Crippen molar-refractivity contribution in [2.75, 3.05) is 45.9 Å². The standard InChI is InChI=1S/C24H36N4O3.HI/c1-5-25-23(27-17-24(4,29)22-10-9-19(3)31-22)26-16-21(28-11-13-30-14-12-28)20-8-6-7-18(2)15-20;/h6-10,15,21,29H,5,11-14,16-17H2,1-4H3,(H2,25,26,27);1H. The second kappa shape index (κ2) is 12.6. The number of guanidine groups is 1. The van der Waals surface area contributed by atoms with E-state index in [1.165, 1.54) is 11.1 Å². The lowest BCUT2D eigenvalue weighted by Gasteiger charge is -2.35. The Morgan fingerprint density at radius 2 is 1.94 bits per heavy atom. The third kappa shape index (κ3) is 7.47. The van der Waals surface area contributed by atoms with E-state index in [0.717, 1.165) is 38.6 Å². The third-order valence-corrected chi connectivity index (χ3v) is 5.54. The number of ether oxygens (including phenoxy) is 1. The smallest absolute Gasteiger partial charge is 0.191 e. The van der Waals surface area contributed by atoms with E-state index in [9.17, 15) is 5.11 Å². The van der Waals surface area contributed by atoms with Gasteiger partial charge in [-0.1, -0.05) is 29.8 Å².